The van der Waals surface area contributed by atoms with Crippen LogP contribution in [0.5, 0.6) is 11.5 Å². The van der Waals surface area contributed by atoms with Crippen LogP contribution >= 0.6 is 11.8 Å². The third kappa shape index (κ3) is 4.73. The van der Waals surface area contributed by atoms with Crippen LogP contribution in [0.25, 0.3) is 11.0 Å². The molecule has 0 unspecified atom stereocenters. The Morgan fingerprint density at radius 2 is 2.00 bits per heavy atom. The molecule has 0 saturated heterocycles. The van der Waals surface area contributed by atoms with E-state index in [9.17, 15) is 0 Å². The molecule has 0 fully saturated rings. The second-order valence-corrected chi connectivity index (χ2v) is 10.1. The van der Waals surface area contributed by atoms with Gasteiger partial charge in [-0.2, -0.15) is 0 Å². The van der Waals surface area contributed by atoms with Crippen LogP contribution < -0.4 is 25.4 Å². The number of aromatic nitrogens is 3. The van der Waals surface area contributed by atoms with Crippen LogP contribution in [0, 0.1) is 5.41 Å². The molecule has 0 atom stereocenters. The zero-order chi connectivity index (χ0) is 22.9. The lowest BCUT2D eigenvalue weighted by molar-refractivity contribution is 0.174. The van der Waals surface area contributed by atoms with E-state index in [0.717, 1.165) is 64.5 Å². The van der Waals surface area contributed by atoms with Gasteiger partial charge in [-0.25, -0.2) is 9.97 Å². The van der Waals surface area contributed by atoms with E-state index in [-0.39, 0.29) is 12.2 Å². The second kappa shape index (κ2) is 9.07. The molecule has 3 aromatic rings. The molecule has 3 N–H and O–H groups in total. The van der Waals surface area contributed by atoms with Crippen LogP contribution in [0.2, 0.25) is 0 Å². The molecule has 2 aromatic heterocycles. The van der Waals surface area contributed by atoms with E-state index >= 15 is 0 Å². The van der Waals surface area contributed by atoms with Gasteiger partial charge >= 0.3 is 0 Å². The molecule has 9 heteroatoms. The summed E-state index contributed by atoms with van der Waals surface area (Å²) < 4.78 is 13.5. The molecule has 0 aliphatic carbocycles. The molecule has 0 radical (unpaired) electrons. The van der Waals surface area contributed by atoms with Crippen molar-refractivity contribution < 1.29 is 9.47 Å². The molecule has 32 heavy (non-hydrogen) atoms. The number of nitrogens with one attached hydrogen (secondary N) is 1. The summed E-state index contributed by atoms with van der Waals surface area (Å²) >= 11 is 1.61. The van der Waals surface area contributed by atoms with Gasteiger partial charge in [0.2, 0.25) is 6.79 Å². The molecule has 1 aliphatic rings. The van der Waals surface area contributed by atoms with Gasteiger partial charge in [-0.3, -0.25) is 0 Å². The summed E-state index contributed by atoms with van der Waals surface area (Å²) in [6, 6.07) is 6.06. The average Bonchev–Trinajstić information content (AvgIpc) is 3.34. The van der Waals surface area contributed by atoms with E-state index in [4.69, 9.17) is 20.2 Å². The molecular weight excluding hydrogens is 424 g/mol. The molecule has 1 aliphatic heterocycles. The van der Waals surface area contributed by atoms with Crippen molar-refractivity contribution in [1.82, 2.24) is 19.9 Å². The van der Waals surface area contributed by atoms with Crippen LogP contribution in [0.3, 0.4) is 0 Å². The van der Waals surface area contributed by atoms with Gasteiger partial charge in [0.15, 0.2) is 22.5 Å². The molecule has 1 aromatic carbocycles. The van der Waals surface area contributed by atoms with E-state index < -0.39 is 0 Å². The van der Waals surface area contributed by atoms with Gasteiger partial charge in [0.1, 0.15) is 5.52 Å². The summed E-state index contributed by atoms with van der Waals surface area (Å²) in [6.45, 7) is 12.5. The number of imidazole rings is 1. The number of nitrogen functional groups attached to an aromatic ring is 1. The molecule has 0 amide bonds. The van der Waals surface area contributed by atoms with Crippen molar-refractivity contribution in [2.75, 3.05) is 44.1 Å². The first-order valence-electron chi connectivity index (χ1n) is 10.9. The second-order valence-electron chi connectivity index (χ2n) is 9.14. The normalized spacial score (nSPS) is 13.2. The van der Waals surface area contributed by atoms with Crippen molar-refractivity contribution in [3.63, 3.8) is 0 Å². The maximum Gasteiger partial charge on any atom is 0.231 e. The maximum atomic E-state index is 6.16. The number of ether oxygens (including phenoxy) is 2. The zero-order valence-corrected chi connectivity index (χ0v) is 20.3. The number of anilines is 2. The molecule has 0 saturated carbocycles. The van der Waals surface area contributed by atoms with E-state index in [2.05, 4.69) is 54.5 Å². The highest BCUT2D eigenvalue weighted by Crippen LogP contribution is 2.44. The van der Waals surface area contributed by atoms with Gasteiger partial charge in [-0.15, -0.1) is 0 Å². The van der Waals surface area contributed by atoms with Crippen LogP contribution in [0.4, 0.5) is 11.5 Å². The Morgan fingerprint density at radius 3 is 2.72 bits per heavy atom. The van der Waals surface area contributed by atoms with Gasteiger partial charge in [0, 0.05) is 56.5 Å². The number of fused-ring (bicyclic) bond motifs is 2. The Morgan fingerprint density at radius 1 is 1.25 bits per heavy atom. The standard InChI is InChI=1S/C23H32N6O2S/c1-6-28(5)16-11-17-18(31-14-30-17)12-19(16)32-22-27-20-15(7-8-26-21(20)24)29(22)10-9-25-13-23(2,3)4/h7-8,11-12,25H,6,9-10,13-14H2,1-5H3,(H2,24,26). The molecule has 8 nitrogen and oxygen atoms in total. The van der Waals surface area contributed by atoms with Gasteiger partial charge < -0.3 is 30.0 Å². The first-order chi connectivity index (χ1) is 15.3. The summed E-state index contributed by atoms with van der Waals surface area (Å²) in [5.74, 6) is 1.98. The van der Waals surface area contributed by atoms with E-state index in [0.29, 0.717) is 5.82 Å². The van der Waals surface area contributed by atoms with Crippen molar-refractivity contribution in [1.29, 1.82) is 0 Å². The number of hydrogen-bond acceptors (Lipinski definition) is 8. The highest BCUT2D eigenvalue weighted by atomic mass is 32.2. The number of rotatable bonds is 8. The van der Waals surface area contributed by atoms with E-state index in [1.165, 1.54) is 0 Å². The Balaban J connectivity index is 1.69. The predicted molar refractivity (Wildman–Crippen MR) is 130 cm³/mol. The number of pyridine rings is 1. The van der Waals surface area contributed by atoms with Crippen molar-refractivity contribution >= 4 is 34.3 Å². The lowest BCUT2D eigenvalue weighted by Crippen LogP contribution is -2.29. The van der Waals surface area contributed by atoms with Crippen molar-refractivity contribution in [2.24, 2.45) is 5.41 Å². The largest absolute Gasteiger partial charge is 0.454 e. The molecule has 3 heterocycles. The van der Waals surface area contributed by atoms with Crippen molar-refractivity contribution in [3.05, 3.63) is 24.4 Å². The quantitative estimate of drug-likeness (QED) is 0.492. The average molecular weight is 457 g/mol. The number of benzene rings is 1. The smallest absolute Gasteiger partial charge is 0.231 e. The highest BCUT2D eigenvalue weighted by Gasteiger charge is 2.22. The monoisotopic (exact) mass is 456 g/mol. The Kier molecular flexibility index (Phi) is 6.39. The Labute approximate surface area is 193 Å². The topological polar surface area (TPSA) is 90.5 Å². The maximum absolute atomic E-state index is 6.16. The Hall–Kier alpha value is -2.65. The zero-order valence-electron chi connectivity index (χ0n) is 19.4. The van der Waals surface area contributed by atoms with Crippen LogP contribution in [0.1, 0.15) is 27.7 Å². The van der Waals surface area contributed by atoms with Crippen molar-refractivity contribution in [3.8, 4) is 11.5 Å². The third-order valence-corrected chi connectivity index (χ3v) is 6.41. The lowest BCUT2D eigenvalue weighted by atomic mass is 9.97. The first-order valence-corrected chi connectivity index (χ1v) is 11.7. The van der Waals surface area contributed by atoms with E-state index in [1.54, 1.807) is 18.0 Å². The van der Waals surface area contributed by atoms with Gasteiger partial charge in [0.25, 0.3) is 0 Å². The summed E-state index contributed by atoms with van der Waals surface area (Å²) in [7, 11) is 2.07. The minimum Gasteiger partial charge on any atom is -0.454 e. The first kappa shape index (κ1) is 22.5. The fourth-order valence-corrected chi connectivity index (χ4v) is 4.68. The fourth-order valence-electron chi connectivity index (χ4n) is 3.56. The summed E-state index contributed by atoms with van der Waals surface area (Å²) in [5.41, 5.74) is 9.20. The van der Waals surface area contributed by atoms with Gasteiger partial charge in [-0.05, 0) is 30.2 Å². The Bertz CT molecular complexity index is 1110. The molecular formula is C23H32N6O2S. The number of nitrogens with zero attached hydrogens (tertiary/aromatic N) is 4. The predicted octanol–water partition coefficient (Wildman–Crippen LogP) is 3.99. The minimum atomic E-state index is 0.231. The van der Waals surface area contributed by atoms with Crippen LogP contribution in [0.15, 0.2) is 34.4 Å². The summed E-state index contributed by atoms with van der Waals surface area (Å²) in [6.07, 6.45) is 1.74. The molecule has 0 spiro atoms. The summed E-state index contributed by atoms with van der Waals surface area (Å²) in [4.78, 5) is 12.4. The molecule has 4 rings (SSSR count). The molecule has 0 bridgehead atoms. The van der Waals surface area contributed by atoms with Crippen LogP contribution in [-0.4, -0.2) is 48.0 Å². The lowest BCUT2D eigenvalue weighted by Gasteiger charge is -2.21. The SMILES string of the molecule is CCN(C)c1cc2c(cc1Sc1nc3c(N)nccc3n1CCNCC(C)(C)C)OCO2. The summed E-state index contributed by atoms with van der Waals surface area (Å²) in [5, 5.41) is 4.43. The third-order valence-electron chi connectivity index (χ3n) is 5.37. The molecule has 172 valence electrons. The van der Waals surface area contributed by atoms with Crippen molar-refractivity contribution in [2.45, 2.75) is 44.3 Å². The minimum absolute atomic E-state index is 0.231. The number of nitrogens with two attached hydrogens (primary N) is 1. The fraction of sp³-hybridized carbons (Fsp3) is 0.478. The van der Waals surface area contributed by atoms with E-state index in [1.807, 2.05) is 18.2 Å². The number of hydrogen-bond donors (Lipinski definition) is 2. The van der Waals surface area contributed by atoms with Crippen LogP contribution in [-0.2, 0) is 6.54 Å². The van der Waals surface area contributed by atoms with Gasteiger partial charge in [-0.1, -0.05) is 20.8 Å². The van der Waals surface area contributed by atoms with Gasteiger partial charge in [0.05, 0.1) is 11.2 Å². The highest BCUT2D eigenvalue weighted by molar-refractivity contribution is 7.99.